The second kappa shape index (κ2) is 5.23. The molecule has 0 spiro atoms. The summed E-state index contributed by atoms with van der Waals surface area (Å²) in [6.07, 6.45) is 0. The molecule has 5 heteroatoms. The zero-order valence-electron chi connectivity index (χ0n) is 6.79. The van der Waals surface area contributed by atoms with E-state index in [1.807, 2.05) is 0 Å². The number of rotatable bonds is 5. The van der Waals surface area contributed by atoms with Gasteiger partial charge in [-0.05, 0) is 17.7 Å². The van der Waals surface area contributed by atoms with Gasteiger partial charge in [-0.25, -0.2) is 9.82 Å². The number of halogens is 1. The summed E-state index contributed by atoms with van der Waals surface area (Å²) in [4.78, 5) is 13.8. The molecule has 0 unspecified atom stereocenters. The van der Waals surface area contributed by atoms with E-state index in [2.05, 4.69) is 15.9 Å². The van der Waals surface area contributed by atoms with Crippen LogP contribution in [-0.4, -0.2) is 6.47 Å². The fourth-order valence-corrected chi connectivity index (χ4v) is 0.806. The van der Waals surface area contributed by atoms with E-state index < -0.39 is 0 Å². The Morgan fingerprint density at radius 1 is 1.38 bits per heavy atom. The highest BCUT2D eigenvalue weighted by Gasteiger charge is 1.92. The van der Waals surface area contributed by atoms with Crippen molar-refractivity contribution in [1.82, 2.24) is 11.0 Å². The van der Waals surface area contributed by atoms with Gasteiger partial charge in [0, 0.05) is 6.54 Å². The highest BCUT2D eigenvalue weighted by Crippen LogP contribution is 2.01. The van der Waals surface area contributed by atoms with Gasteiger partial charge in [-0.15, -0.1) is 0 Å². The first-order valence-corrected chi connectivity index (χ1v) is 3.64. The van der Waals surface area contributed by atoms with Crippen molar-refractivity contribution in [2.24, 2.45) is 0 Å². The second-order valence-corrected chi connectivity index (χ2v) is 2.30. The van der Waals surface area contributed by atoms with Crippen LogP contribution in [0.2, 0.25) is 0 Å². The van der Waals surface area contributed by atoms with E-state index in [-0.39, 0.29) is 12.3 Å². The predicted octanol–water partition coefficient (Wildman–Crippen LogP) is 0.508. The Kier molecular flexibility index (Phi) is 3.87. The molecule has 0 fully saturated rings. The van der Waals surface area contributed by atoms with Crippen molar-refractivity contribution in [3.63, 3.8) is 0 Å². The molecular formula is C8H9FN2O2. The van der Waals surface area contributed by atoms with Crippen molar-refractivity contribution < 1.29 is 14.0 Å². The molecule has 0 aliphatic rings. The van der Waals surface area contributed by atoms with Gasteiger partial charge in [-0.3, -0.25) is 4.79 Å². The van der Waals surface area contributed by atoms with Crippen molar-refractivity contribution in [3.8, 4) is 0 Å². The number of hydrazine groups is 1. The number of carbonyl (C=O) groups excluding carboxylic acids is 1. The van der Waals surface area contributed by atoms with Crippen molar-refractivity contribution in [3.05, 3.63) is 35.6 Å². The molecule has 0 saturated carbocycles. The highest BCUT2D eigenvalue weighted by atomic mass is 19.1. The summed E-state index contributed by atoms with van der Waals surface area (Å²) in [7, 11) is 0. The van der Waals surface area contributed by atoms with Gasteiger partial charge in [-0.1, -0.05) is 17.7 Å². The highest BCUT2D eigenvalue weighted by molar-refractivity contribution is 5.36. The van der Waals surface area contributed by atoms with Crippen LogP contribution in [0.5, 0.6) is 0 Å². The molecule has 0 aliphatic carbocycles. The lowest BCUT2D eigenvalue weighted by Gasteiger charge is -2.03. The van der Waals surface area contributed by atoms with Crippen LogP contribution in [-0.2, 0) is 16.2 Å². The van der Waals surface area contributed by atoms with Gasteiger partial charge in [0.2, 0.25) is 0 Å². The topological polar surface area (TPSA) is 50.4 Å². The number of nitrogens with one attached hydrogen (secondary N) is 2. The smallest absolute Gasteiger partial charge is 0.314 e. The van der Waals surface area contributed by atoms with Gasteiger partial charge in [0.15, 0.2) is 0 Å². The molecule has 2 N–H and O–H groups in total. The van der Waals surface area contributed by atoms with Gasteiger partial charge >= 0.3 is 6.47 Å². The van der Waals surface area contributed by atoms with Crippen molar-refractivity contribution >= 4 is 6.47 Å². The molecule has 1 aromatic rings. The maximum Gasteiger partial charge on any atom is 0.314 e. The number of carbonyl (C=O) groups is 1. The second-order valence-electron chi connectivity index (χ2n) is 2.30. The van der Waals surface area contributed by atoms with E-state index in [0.29, 0.717) is 6.54 Å². The molecule has 0 aliphatic heterocycles. The van der Waals surface area contributed by atoms with Gasteiger partial charge in [0.1, 0.15) is 5.82 Å². The molecule has 0 saturated heterocycles. The molecule has 0 amide bonds. The summed E-state index contributed by atoms with van der Waals surface area (Å²) in [5, 5.41) is 0. The molecule has 0 aromatic heterocycles. The van der Waals surface area contributed by atoms with Crippen LogP contribution in [0.3, 0.4) is 0 Å². The molecule has 70 valence electrons. The Labute approximate surface area is 74.6 Å². The van der Waals surface area contributed by atoms with Crippen LogP contribution in [0, 0.1) is 5.82 Å². The van der Waals surface area contributed by atoms with Crippen molar-refractivity contribution in [1.29, 1.82) is 0 Å². The molecule has 0 atom stereocenters. The van der Waals surface area contributed by atoms with E-state index in [1.54, 1.807) is 12.1 Å². The van der Waals surface area contributed by atoms with Gasteiger partial charge in [-0.2, -0.15) is 0 Å². The SMILES string of the molecule is O=CONNCc1ccc(F)cc1. The number of benzene rings is 1. The fourth-order valence-electron chi connectivity index (χ4n) is 0.806. The minimum absolute atomic E-state index is 0.262. The summed E-state index contributed by atoms with van der Waals surface area (Å²) in [5.74, 6) is -0.277. The zero-order chi connectivity index (χ0) is 9.52. The maximum absolute atomic E-state index is 12.4. The molecule has 1 rings (SSSR count). The maximum atomic E-state index is 12.4. The van der Waals surface area contributed by atoms with Crippen molar-refractivity contribution in [2.45, 2.75) is 6.54 Å². The Morgan fingerprint density at radius 2 is 2.08 bits per heavy atom. The Morgan fingerprint density at radius 3 is 2.69 bits per heavy atom. The zero-order valence-corrected chi connectivity index (χ0v) is 6.79. The predicted molar refractivity (Wildman–Crippen MR) is 43.5 cm³/mol. The molecular weight excluding hydrogens is 175 g/mol. The summed E-state index contributed by atoms with van der Waals surface area (Å²) < 4.78 is 12.4. The first-order chi connectivity index (χ1) is 6.33. The minimum Gasteiger partial charge on any atom is -0.359 e. The van der Waals surface area contributed by atoms with Gasteiger partial charge in [0.25, 0.3) is 0 Å². The molecule has 4 nitrogen and oxygen atoms in total. The Bertz CT molecular complexity index is 263. The number of hydrogen-bond acceptors (Lipinski definition) is 4. The van der Waals surface area contributed by atoms with Crippen LogP contribution in [0.4, 0.5) is 4.39 Å². The normalized spacial score (nSPS) is 9.62. The third kappa shape index (κ3) is 3.64. The van der Waals surface area contributed by atoms with Crippen LogP contribution < -0.4 is 11.0 Å². The van der Waals surface area contributed by atoms with Crippen molar-refractivity contribution in [2.75, 3.05) is 0 Å². The Hall–Kier alpha value is -1.46. The van der Waals surface area contributed by atoms with E-state index in [4.69, 9.17) is 0 Å². The first-order valence-electron chi connectivity index (χ1n) is 3.64. The monoisotopic (exact) mass is 184 g/mol. The lowest BCUT2D eigenvalue weighted by atomic mass is 10.2. The van der Waals surface area contributed by atoms with Crippen LogP contribution in [0.15, 0.2) is 24.3 Å². The van der Waals surface area contributed by atoms with Gasteiger partial charge in [0.05, 0.1) is 0 Å². The standard InChI is InChI=1S/C8H9FN2O2/c9-8-3-1-7(2-4-8)5-10-11-13-6-12/h1-4,6,10-11H,5H2. The third-order valence-corrected chi connectivity index (χ3v) is 1.38. The van der Waals surface area contributed by atoms with Gasteiger partial charge < -0.3 is 4.84 Å². The van der Waals surface area contributed by atoms with E-state index in [9.17, 15) is 9.18 Å². The summed E-state index contributed by atoms with van der Waals surface area (Å²) in [5.41, 5.74) is 5.66. The summed E-state index contributed by atoms with van der Waals surface area (Å²) >= 11 is 0. The van der Waals surface area contributed by atoms with E-state index >= 15 is 0 Å². The molecule has 0 radical (unpaired) electrons. The third-order valence-electron chi connectivity index (χ3n) is 1.38. The van der Waals surface area contributed by atoms with E-state index in [1.165, 1.54) is 12.1 Å². The molecule has 13 heavy (non-hydrogen) atoms. The average Bonchev–Trinajstić information content (AvgIpc) is 2.15. The number of hydrogen-bond donors (Lipinski definition) is 2. The molecule has 1 aromatic carbocycles. The lowest BCUT2D eigenvalue weighted by Crippen LogP contribution is -2.30. The van der Waals surface area contributed by atoms with Crippen LogP contribution in [0.1, 0.15) is 5.56 Å². The summed E-state index contributed by atoms with van der Waals surface area (Å²) in [6.45, 7) is 0.700. The first kappa shape index (κ1) is 9.63. The van der Waals surface area contributed by atoms with E-state index in [0.717, 1.165) is 5.56 Å². The average molecular weight is 184 g/mol. The minimum atomic E-state index is -0.277. The Balaban J connectivity index is 2.28. The quantitative estimate of drug-likeness (QED) is 0.397. The largest absolute Gasteiger partial charge is 0.359 e. The lowest BCUT2D eigenvalue weighted by molar-refractivity contribution is -0.137. The van der Waals surface area contributed by atoms with Crippen LogP contribution >= 0.6 is 0 Å². The fraction of sp³-hybridized carbons (Fsp3) is 0.125. The van der Waals surface area contributed by atoms with Crippen LogP contribution in [0.25, 0.3) is 0 Å². The molecule has 0 bridgehead atoms. The molecule has 0 heterocycles. The summed E-state index contributed by atoms with van der Waals surface area (Å²) in [6, 6.07) is 5.98.